The highest BCUT2D eigenvalue weighted by Crippen LogP contribution is 2.18. The summed E-state index contributed by atoms with van der Waals surface area (Å²) in [7, 11) is 0. The van der Waals surface area contributed by atoms with Crippen molar-refractivity contribution in [3.63, 3.8) is 0 Å². The van der Waals surface area contributed by atoms with E-state index >= 15 is 0 Å². The molecule has 2 heteroatoms. The maximum absolute atomic E-state index is 5.74. The molecule has 0 atom stereocenters. The zero-order chi connectivity index (χ0) is 13.7. The molecule has 0 spiro atoms. The lowest BCUT2D eigenvalue weighted by atomic mass is 10.1. The molecule has 0 aliphatic carbocycles. The summed E-state index contributed by atoms with van der Waals surface area (Å²) < 4.78 is 0. The normalized spacial score (nSPS) is 10.5. The van der Waals surface area contributed by atoms with E-state index in [2.05, 4.69) is 67.3 Å². The third-order valence-electron chi connectivity index (χ3n) is 3.25. The van der Waals surface area contributed by atoms with Crippen molar-refractivity contribution < 1.29 is 0 Å². The van der Waals surface area contributed by atoms with Crippen LogP contribution in [-0.4, -0.2) is 13.1 Å². The molecule has 100 valence electrons. The number of nitrogens with two attached hydrogens (primary N) is 1. The van der Waals surface area contributed by atoms with E-state index in [1.54, 1.807) is 0 Å². The second-order valence-electron chi connectivity index (χ2n) is 5.03. The molecule has 0 radical (unpaired) electrons. The molecule has 2 N–H and O–H groups in total. The molecule has 0 saturated heterocycles. The van der Waals surface area contributed by atoms with Crippen LogP contribution in [0.15, 0.2) is 48.5 Å². The Morgan fingerprint density at radius 1 is 0.947 bits per heavy atom. The first-order valence-electron chi connectivity index (χ1n) is 6.76. The average Bonchev–Trinajstić information content (AvgIpc) is 2.39. The van der Waals surface area contributed by atoms with Gasteiger partial charge in [-0.1, -0.05) is 47.5 Å². The number of hydrogen-bond donors (Lipinski definition) is 1. The third kappa shape index (κ3) is 3.83. The maximum Gasteiger partial charge on any atom is 0.0430 e. The lowest BCUT2D eigenvalue weighted by molar-refractivity contribution is 0.789. The summed E-state index contributed by atoms with van der Waals surface area (Å²) in [5.74, 6) is 0. The molecular formula is C17H22N2. The van der Waals surface area contributed by atoms with Gasteiger partial charge in [0.05, 0.1) is 0 Å². The van der Waals surface area contributed by atoms with Gasteiger partial charge in [0.2, 0.25) is 0 Å². The quantitative estimate of drug-likeness (QED) is 0.887. The second-order valence-corrected chi connectivity index (χ2v) is 5.03. The third-order valence-corrected chi connectivity index (χ3v) is 3.25. The molecule has 0 amide bonds. The predicted molar refractivity (Wildman–Crippen MR) is 82.5 cm³/mol. The van der Waals surface area contributed by atoms with Crippen molar-refractivity contribution in [2.45, 2.75) is 20.4 Å². The fourth-order valence-corrected chi connectivity index (χ4v) is 2.24. The summed E-state index contributed by atoms with van der Waals surface area (Å²) in [5, 5.41) is 0. The Bertz CT molecular complexity index is 517. The number of anilines is 1. The Morgan fingerprint density at radius 3 is 2.32 bits per heavy atom. The van der Waals surface area contributed by atoms with Crippen LogP contribution in [0.4, 0.5) is 5.69 Å². The summed E-state index contributed by atoms with van der Waals surface area (Å²) in [6, 6.07) is 17.3. The molecular weight excluding hydrogens is 232 g/mol. The molecule has 0 fully saturated rings. The second kappa shape index (κ2) is 6.39. The van der Waals surface area contributed by atoms with E-state index in [1.807, 2.05) is 0 Å². The fourth-order valence-electron chi connectivity index (χ4n) is 2.24. The minimum Gasteiger partial charge on any atom is -0.366 e. The van der Waals surface area contributed by atoms with Gasteiger partial charge in [0, 0.05) is 25.3 Å². The molecule has 0 saturated carbocycles. The van der Waals surface area contributed by atoms with Gasteiger partial charge in [0.25, 0.3) is 0 Å². The van der Waals surface area contributed by atoms with Crippen molar-refractivity contribution in [3.05, 3.63) is 65.2 Å². The van der Waals surface area contributed by atoms with Crippen LogP contribution in [-0.2, 0) is 6.54 Å². The van der Waals surface area contributed by atoms with Crippen LogP contribution < -0.4 is 10.6 Å². The molecule has 0 aromatic heterocycles. The fraction of sp³-hybridized carbons (Fsp3) is 0.294. The molecule has 0 aliphatic rings. The number of hydrogen-bond acceptors (Lipinski definition) is 2. The van der Waals surface area contributed by atoms with Gasteiger partial charge in [-0.15, -0.1) is 0 Å². The summed E-state index contributed by atoms with van der Waals surface area (Å²) in [6.45, 7) is 6.68. The molecule has 0 bridgehead atoms. The van der Waals surface area contributed by atoms with Crippen LogP contribution in [0, 0.1) is 13.8 Å². The molecule has 0 aliphatic heterocycles. The number of aryl methyl sites for hydroxylation is 2. The molecule has 2 aromatic rings. The van der Waals surface area contributed by atoms with Crippen molar-refractivity contribution in [1.29, 1.82) is 0 Å². The minimum atomic E-state index is 0.666. The highest BCUT2D eigenvalue weighted by Gasteiger charge is 2.06. The largest absolute Gasteiger partial charge is 0.366 e. The van der Waals surface area contributed by atoms with Gasteiger partial charge in [0.1, 0.15) is 0 Å². The van der Waals surface area contributed by atoms with Crippen LogP contribution in [0.5, 0.6) is 0 Å². The summed E-state index contributed by atoms with van der Waals surface area (Å²) in [6.07, 6.45) is 0. The van der Waals surface area contributed by atoms with Crippen molar-refractivity contribution in [3.8, 4) is 0 Å². The Morgan fingerprint density at radius 2 is 1.68 bits per heavy atom. The topological polar surface area (TPSA) is 29.3 Å². The average molecular weight is 254 g/mol. The Kier molecular flexibility index (Phi) is 4.58. The first kappa shape index (κ1) is 13.6. The monoisotopic (exact) mass is 254 g/mol. The van der Waals surface area contributed by atoms with Crippen LogP contribution >= 0.6 is 0 Å². The first-order chi connectivity index (χ1) is 9.19. The van der Waals surface area contributed by atoms with E-state index in [0.29, 0.717) is 6.54 Å². The van der Waals surface area contributed by atoms with Crippen molar-refractivity contribution >= 4 is 5.69 Å². The molecule has 0 heterocycles. The van der Waals surface area contributed by atoms with Crippen molar-refractivity contribution in [2.75, 3.05) is 18.0 Å². The van der Waals surface area contributed by atoms with Crippen LogP contribution in [0.25, 0.3) is 0 Å². The molecule has 2 aromatic carbocycles. The van der Waals surface area contributed by atoms with Crippen LogP contribution in [0.2, 0.25) is 0 Å². The van der Waals surface area contributed by atoms with E-state index in [0.717, 1.165) is 13.1 Å². The van der Waals surface area contributed by atoms with Gasteiger partial charge in [-0.3, -0.25) is 0 Å². The van der Waals surface area contributed by atoms with Gasteiger partial charge in [-0.05, 0) is 31.5 Å². The Hall–Kier alpha value is -1.80. The number of benzene rings is 2. The zero-order valence-electron chi connectivity index (χ0n) is 11.8. The van der Waals surface area contributed by atoms with Crippen LogP contribution in [0.1, 0.15) is 16.7 Å². The minimum absolute atomic E-state index is 0.666. The molecule has 0 unspecified atom stereocenters. The SMILES string of the molecule is Cc1ccc(N(CCN)Cc2cccc(C)c2)cc1. The van der Waals surface area contributed by atoms with Crippen molar-refractivity contribution in [2.24, 2.45) is 5.73 Å². The standard InChI is InChI=1S/C17H22N2/c1-14-6-8-17(9-7-14)19(11-10-18)13-16-5-3-4-15(2)12-16/h3-9,12H,10-11,13,18H2,1-2H3. The van der Waals surface area contributed by atoms with Crippen molar-refractivity contribution in [1.82, 2.24) is 0 Å². The number of nitrogens with zero attached hydrogens (tertiary/aromatic N) is 1. The molecule has 19 heavy (non-hydrogen) atoms. The molecule has 2 rings (SSSR count). The summed E-state index contributed by atoms with van der Waals surface area (Å²) >= 11 is 0. The van der Waals surface area contributed by atoms with Crippen LogP contribution in [0.3, 0.4) is 0 Å². The zero-order valence-corrected chi connectivity index (χ0v) is 11.8. The van der Waals surface area contributed by atoms with E-state index < -0.39 is 0 Å². The van der Waals surface area contributed by atoms with E-state index in [-0.39, 0.29) is 0 Å². The van der Waals surface area contributed by atoms with E-state index in [4.69, 9.17) is 5.73 Å². The van der Waals surface area contributed by atoms with Gasteiger partial charge in [-0.2, -0.15) is 0 Å². The van der Waals surface area contributed by atoms with Gasteiger partial charge >= 0.3 is 0 Å². The Balaban J connectivity index is 2.18. The van der Waals surface area contributed by atoms with E-state index in [9.17, 15) is 0 Å². The van der Waals surface area contributed by atoms with Gasteiger partial charge < -0.3 is 10.6 Å². The highest BCUT2D eigenvalue weighted by atomic mass is 15.1. The lowest BCUT2D eigenvalue weighted by Gasteiger charge is -2.24. The Labute approximate surface area is 115 Å². The number of rotatable bonds is 5. The lowest BCUT2D eigenvalue weighted by Crippen LogP contribution is -2.28. The summed E-state index contributed by atoms with van der Waals surface area (Å²) in [5.41, 5.74) is 10.9. The van der Waals surface area contributed by atoms with Gasteiger partial charge in [0.15, 0.2) is 0 Å². The molecule has 2 nitrogen and oxygen atoms in total. The van der Waals surface area contributed by atoms with E-state index in [1.165, 1.54) is 22.4 Å². The maximum atomic E-state index is 5.74. The summed E-state index contributed by atoms with van der Waals surface area (Å²) in [4.78, 5) is 2.33. The first-order valence-corrected chi connectivity index (χ1v) is 6.76. The highest BCUT2D eigenvalue weighted by molar-refractivity contribution is 5.48. The smallest absolute Gasteiger partial charge is 0.0430 e. The predicted octanol–water partition coefficient (Wildman–Crippen LogP) is 3.27. The van der Waals surface area contributed by atoms with Gasteiger partial charge in [-0.25, -0.2) is 0 Å².